The van der Waals surface area contributed by atoms with Crippen molar-refractivity contribution in [2.45, 2.75) is 33.2 Å². The molecule has 0 radical (unpaired) electrons. The van der Waals surface area contributed by atoms with Gasteiger partial charge in [-0.25, -0.2) is 0 Å². The number of carbonyl (C=O) groups is 1. The maximum absolute atomic E-state index is 13.8. The molecular weight excluding hydrogens is 454 g/mol. The summed E-state index contributed by atoms with van der Waals surface area (Å²) >= 11 is 0. The summed E-state index contributed by atoms with van der Waals surface area (Å²) in [4.78, 5) is 29.1. The van der Waals surface area contributed by atoms with Gasteiger partial charge in [0.15, 0.2) is 16.9 Å². The predicted molar refractivity (Wildman–Crippen MR) is 140 cm³/mol. The molecule has 3 aromatic carbocycles. The number of hydrogen-bond acceptors (Lipinski definition) is 5. The van der Waals surface area contributed by atoms with Gasteiger partial charge in [0.25, 0.3) is 5.91 Å². The van der Waals surface area contributed by atoms with Crippen LogP contribution in [-0.4, -0.2) is 19.6 Å². The molecule has 4 aromatic rings. The van der Waals surface area contributed by atoms with Crippen LogP contribution in [0.25, 0.3) is 11.0 Å². The zero-order valence-electron chi connectivity index (χ0n) is 20.9. The van der Waals surface area contributed by atoms with Crippen LogP contribution in [0, 0.1) is 5.92 Å². The lowest BCUT2D eigenvalue weighted by atomic mass is 9.97. The number of benzene rings is 3. The lowest BCUT2D eigenvalue weighted by Gasteiger charge is -2.26. The maximum Gasteiger partial charge on any atom is 0.295 e. The fourth-order valence-corrected chi connectivity index (χ4v) is 4.62. The third kappa shape index (κ3) is 4.02. The zero-order chi connectivity index (χ0) is 25.4. The second-order valence-electron chi connectivity index (χ2n) is 9.38. The molecule has 1 atom stereocenters. The van der Waals surface area contributed by atoms with E-state index in [-0.39, 0.29) is 17.1 Å². The standard InChI is InChI=1S/C30H29NO5/c1-5-19-10-13-21(14-11-19)31-27(20-12-15-24(25(16-20)34-4)35-17-18(2)3)26-28(32)22-8-6-7-9-23(22)36-29(26)30(31)33/h6-16,18,27H,5,17H2,1-4H3. The molecule has 0 saturated heterocycles. The quantitative estimate of drug-likeness (QED) is 0.315. The van der Waals surface area contributed by atoms with E-state index in [9.17, 15) is 9.59 Å². The van der Waals surface area contributed by atoms with E-state index in [1.165, 1.54) is 0 Å². The Morgan fingerprint density at radius 2 is 1.72 bits per heavy atom. The molecule has 0 N–H and O–H groups in total. The van der Waals surface area contributed by atoms with E-state index in [1.807, 2.05) is 42.5 Å². The van der Waals surface area contributed by atoms with Gasteiger partial charge in [-0.15, -0.1) is 0 Å². The van der Waals surface area contributed by atoms with Crippen molar-refractivity contribution in [1.82, 2.24) is 0 Å². The number of nitrogens with zero attached hydrogens (tertiary/aromatic N) is 1. The monoisotopic (exact) mass is 483 g/mol. The number of rotatable bonds is 7. The summed E-state index contributed by atoms with van der Waals surface area (Å²) in [5.74, 6) is 1.24. The smallest absolute Gasteiger partial charge is 0.295 e. The molecule has 1 unspecified atom stereocenters. The van der Waals surface area contributed by atoms with E-state index in [0.29, 0.717) is 46.2 Å². The molecule has 0 aliphatic carbocycles. The van der Waals surface area contributed by atoms with Crippen molar-refractivity contribution in [2.24, 2.45) is 5.92 Å². The number of hydrogen-bond donors (Lipinski definition) is 0. The van der Waals surface area contributed by atoms with Crippen molar-refractivity contribution in [3.05, 3.63) is 99.4 Å². The van der Waals surface area contributed by atoms with Crippen molar-refractivity contribution in [1.29, 1.82) is 0 Å². The zero-order valence-corrected chi connectivity index (χ0v) is 20.9. The molecule has 5 rings (SSSR count). The Hall–Kier alpha value is -4.06. The van der Waals surface area contributed by atoms with Crippen molar-refractivity contribution in [3.8, 4) is 11.5 Å². The summed E-state index contributed by atoms with van der Waals surface area (Å²) in [5, 5.41) is 0.445. The third-order valence-corrected chi connectivity index (χ3v) is 6.48. The second-order valence-corrected chi connectivity index (χ2v) is 9.38. The minimum Gasteiger partial charge on any atom is -0.493 e. The van der Waals surface area contributed by atoms with Crippen molar-refractivity contribution in [2.75, 3.05) is 18.6 Å². The summed E-state index contributed by atoms with van der Waals surface area (Å²) in [7, 11) is 1.58. The lowest BCUT2D eigenvalue weighted by Crippen LogP contribution is -2.29. The molecule has 2 heterocycles. The highest BCUT2D eigenvalue weighted by molar-refractivity contribution is 6.10. The maximum atomic E-state index is 13.8. The van der Waals surface area contributed by atoms with Crippen LogP contribution in [0.1, 0.15) is 54.1 Å². The Morgan fingerprint density at radius 3 is 2.42 bits per heavy atom. The molecule has 6 nitrogen and oxygen atoms in total. The number of para-hydroxylation sites is 1. The van der Waals surface area contributed by atoms with Crippen LogP contribution in [0.15, 0.2) is 75.9 Å². The Kier molecular flexibility index (Phi) is 6.27. The van der Waals surface area contributed by atoms with Crippen LogP contribution in [0.3, 0.4) is 0 Å². The number of methoxy groups -OCH3 is 1. The Morgan fingerprint density at radius 1 is 0.972 bits per heavy atom. The molecule has 0 saturated carbocycles. The first-order valence-electron chi connectivity index (χ1n) is 12.2. The minimum atomic E-state index is -0.672. The first kappa shape index (κ1) is 23.7. The molecular formula is C30H29NO5. The van der Waals surface area contributed by atoms with E-state index in [4.69, 9.17) is 13.9 Å². The van der Waals surface area contributed by atoms with Gasteiger partial charge in [0, 0.05) is 5.69 Å². The van der Waals surface area contributed by atoms with Crippen LogP contribution in [0.4, 0.5) is 5.69 Å². The van der Waals surface area contributed by atoms with Crippen LogP contribution < -0.4 is 19.8 Å². The largest absolute Gasteiger partial charge is 0.493 e. The van der Waals surface area contributed by atoms with Gasteiger partial charge in [-0.3, -0.25) is 14.5 Å². The topological polar surface area (TPSA) is 69.0 Å². The number of ether oxygens (including phenoxy) is 2. The SMILES string of the molecule is CCc1ccc(N2C(=O)c3oc4ccccc4c(=O)c3C2c2ccc(OCC(C)C)c(OC)c2)cc1. The summed E-state index contributed by atoms with van der Waals surface area (Å²) in [6, 6.07) is 19.7. The number of carbonyl (C=O) groups excluding carboxylic acids is 1. The fourth-order valence-electron chi connectivity index (χ4n) is 4.62. The number of fused-ring (bicyclic) bond motifs is 2. The summed E-state index contributed by atoms with van der Waals surface area (Å²) in [6.45, 7) is 6.78. The molecule has 1 amide bonds. The predicted octanol–water partition coefficient (Wildman–Crippen LogP) is 6.15. The summed E-state index contributed by atoms with van der Waals surface area (Å²) < 4.78 is 17.6. The molecule has 36 heavy (non-hydrogen) atoms. The van der Waals surface area contributed by atoms with E-state index < -0.39 is 6.04 Å². The first-order chi connectivity index (χ1) is 17.4. The van der Waals surface area contributed by atoms with Gasteiger partial charge in [0.05, 0.1) is 30.7 Å². The van der Waals surface area contributed by atoms with Crippen molar-refractivity contribution < 1.29 is 18.7 Å². The molecule has 0 spiro atoms. The summed E-state index contributed by atoms with van der Waals surface area (Å²) in [6.07, 6.45) is 0.887. The van der Waals surface area contributed by atoms with Gasteiger partial charge >= 0.3 is 0 Å². The van der Waals surface area contributed by atoms with E-state index in [2.05, 4.69) is 20.8 Å². The molecule has 1 aliphatic heterocycles. The van der Waals surface area contributed by atoms with Crippen LogP contribution in [0.2, 0.25) is 0 Å². The van der Waals surface area contributed by atoms with Gasteiger partial charge < -0.3 is 13.9 Å². The van der Waals surface area contributed by atoms with Gasteiger partial charge in [-0.1, -0.05) is 51.1 Å². The van der Waals surface area contributed by atoms with Crippen LogP contribution >= 0.6 is 0 Å². The van der Waals surface area contributed by atoms with E-state index in [0.717, 1.165) is 17.5 Å². The second kappa shape index (κ2) is 9.53. The molecule has 1 aliphatic rings. The Balaban J connectivity index is 1.70. The molecule has 0 fully saturated rings. The highest BCUT2D eigenvalue weighted by Crippen LogP contribution is 2.43. The Bertz CT molecular complexity index is 1490. The number of aryl methyl sites for hydroxylation is 1. The first-order valence-corrected chi connectivity index (χ1v) is 12.2. The highest BCUT2D eigenvalue weighted by Gasteiger charge is 2.43. The lowest BCUT2D eigenvalue weighted by molar-refractivity contribution is 0.0971. The number of anilines is 1. The molecule has 184 valence electrons. The van der Waals surface area contributed by atoms with E-state index >= 15 is 0 Å². The average molecular weight is 484 g/mol. The molecule has 0 bridgehead atoms. The molecule has 1 aromatic heterocycles. The third-order valence-electron chi connectivity index (χ3n) is 6.48. The van der Waals surface area contributed by atoms with E-state index in [1.54, 1.807) is 36.3 Å². The van der Waals surface area contributed by atoms with Gasteiger partial charge in [-0.05, 0) is 59.9 Å². The number of amides is 1. The Labute approximate surface area is 210 Å². The summed E-state index contributed by atoms with van der Waals surface area (Å²) in [5.41, 5.74) is 3.10. The minimum absolute atomic E-state index is 0.0716. The van der Waals surface area contributed by atoms with Crippen LogP contribution in [0.5, 0.6) is 11.5 Å². The van der Waals surface area contributed by atoms with Gasteiger partial charge in [0.2, 0.25) is 5.76 Å². The van der Waals surface area contributed by atoms with Crippen molar-refractivity contribution >= 4 is 22.6 Å². The van der Waals surface area contributed by atoms with Crippen LogP contribution in [-0.2, 0) is 6.42 Å². The average Bonchev–Trinajstić information content (AvgIpc) is 3.19. The normalized spacial score (nSPS) is 15.0. The van der Waals surface area contributed by atoms with Gasteiger partial charge in [0.1, 0.15) is 5.58 Å². The molecule has 6 heteroatoms. The van der Waals surface area contributed by atoms with Crippen molar-refractivity contribution in [3.63, 3.8) is 0 Å². The fraction of sp³-hybridized carbons (Fsp3) is 0.267. The van der Waals surface area contributed by atoms with Gasteiger partial charge in [-0.2, -0.15) is 0 Å². The highest BCUT2D eigenvalue weighted by atomic mass is 16.5.